The Morgan fingerprint density at radius 1 is 1.26 bits per heavy atom. The van der Waals surface area contributed by atoms with Crippen molar-refractivity contribution in [2.75, 3.05) is 38.5 Å². The van der Waals surface area contributed by atoms with Crippen molar-refractivity contribution in [3.63, 3.8) is 0 Å². The highest BCUT2D eigenvalue weighted by atomic mass is 32.2. The Balaban J connectivity index is 1.78. The van der Waals surface area contributed by atoms with Gasteiger partial charge in [-0.25, -0.2) is 0 Å². The Morgan fingerprint density at radius 3 is 2.95 bits per heavy atom. The lowest BCUT2D eigenvalue weighted by Gasteiger charge is -2.50. The molecule has 3 nitrogen and oxygen atoms in total. The molecule has 3 aliphatic rings. The summed E-state index contributed by atoms with van der Waals surface area (Å²) in [6.07, 6.45) is 6.77. The SMILES string of the molecule is CCC1CN(C2(CN)CCN3CCCCC32)CCS1. The number of hydrogen-bond donors (Lipinski definition) is 1. The number of rotatable bonds is 3. The first-order chi connectivity index (χ1) is 9.30. The van der Waals surface area contributed by atoms with E-state index in [1.165, 1.54) is 64.0 Å². The van der Waals surface area contributed by atoms with E-state index in [2.05, 4.69) is 28.5 Å². The normalized spacial score (nSPS) is 41.4. The summed E-state index contributed by atoms with van der Waals surface area (Å²) in [4.78, 5) is 5.52. The fraction of sp³-hybridized carbons (Fsp3) is 1.00. The van der Waals surface area contributed by atoms with Gasteiger partial charge in [0.15, 0.2) is 0 Å². The van der Waals surface area contributed by atoms with Crippen molar-refractivity contribution in [2.24, 2.45) is 5.73 Å². The van der Waals surface area contributed by atoms with Gasteiger partial charge >= 0.3 is 0 Å². The standard InChI is InChI=1S/C15H29N3S/c1-2-13-11-18(9-10-19-13)15(12-16)6-8-17-7-4-3-5-14(15)17/h13-14H,2-12,16H2,1H3. The van der Waals surface area contributed by atoms with Crippen molar-refractivity contribution in [3.05, 3.63) is 0 Å². The molecule has 0 aromatic carbocycles. The van der Waals surface area contributed by atoms with Gasteiger partial charge in [0, 0.05) is 48.8 Å². The number of nitrogens with zero attached hydrogens (tertiary/aromatic N) is 2. The minimum atomic E-state index is 0.300. The molecule has 0 saturated carbocycles. The van der Waals surface area contributed by atoms with Crippen LogP contribution in [0.4, 0.5) is 0 Å². The summed E-state index contributed by atoms with van der Waals surface area (Å²) in [5.74, 6) is 1.30. The van der Waals surface area contributed by atoms with E-state index < -0.39 is 0 Å². The Hall–Kier alpha value is 0.230. The van der Waals surface area contributed by atoms with E-state index in [1.54, 1.807) is 0 Å². The molecule has 0 amide bonds. The highest BCUT2D eigenvalue weighted by Crippen LogP contribution is 2.40. The number of nitrogens with two attached hydrogens (primary N) is 1. The molecular weight excluding hydrogens is 254 g/mol. The van der Waals surface area contributed by atoms with Crippen molar-refractivity contribution >= 4 is 11.8 Å². The second-order valence-corrected chi connectivity index (χ2v) is 7.86. The van der Waals surface area contributed by atoms with E-state index in [-0.39, 0.29) is 0 Å². The second kappa shape index (κ2) is 5.92. The molecule has 3 saturated heterocycles. The monoisotopic (exact) mass is 283 g/mol. The Kier molecular flexibility index (Phi) is 4.42. The molecule has 0 radical (unpaired) electrons. The molecule has 3 atom stereocenters. The Morgan fingerprint density at radius 2 is 2.16 bits per heavy atom. The van der Waals surface area contributed by atoms with Crippen LogP contribution in [0, 0.1) is 0 Å². The minimum absolute atomic E-state index is 0.300. The molecule has 3 fully saturated rings. The molecule has 4 heteroatoms. The molecule has 110 valence electrons. The zero-order valence-electron chi connectivity index (χ0n) is 12.3. The van der Waals surface area contributed by atoms with Gasteiger partial charge in [-0.1, -0.05) is 13.3 Å². The predicted octanol–water partition coefficient (Wildman–Crippen LogP) is 1.77. The quantitative estimate of drug-likeness (QED) is 0.856. The summed E-state index contributed by atoms with van der Waals surface area (Å²) in [5.41, 5.74) is 6.62. The third-order valence-corrected chi connectivity index (χ3v) is 7.02. The van der Waals surface area contributed by atoms with Crippen LogP contribution in [-0.2, 0) is 0 Å². The summed E-state index contributed by atoms with van der Waals surface area (Å²) in [7, 11) is 0. The average Bonchev–Trinajstić information content (AvgIpc) is 2.87. The second-order valence-electron chi connectivity index (χ2n) is 6.45. The number of thioether (sulfide) groups is 1. The van der Waals surface area contributed by atoms with Crippen LogP contribution in [0.15, 0.2) is 0 Å². The lowest BCUT2D eigenvalue weighted by atomic mass is 9.83. The first kappa shape index (κ1) is 14.2. The van der Waals surface area contributed by atoms with Crippen LogP contribution >= 0.6 is 11.8 Å². The number of hydrogen-bond acceptors (Lipinski definition) is 4. The number of fused-ring (bicyclic) bond motifs is 1. The summed E-state index contributed by atoms with van der Waals surface area (Å²) in [6.45, 7) is 8.30. The van der Waals surface area contributed by atoms with Gasteiger partial charge in [-0.15, -0.1) is 0 Å². The molecule has 3 heterocycles. The van der Waals surface area contributed by atoms with Crippen LogP contribution in [0.1, 0.15) is 39.0 Å². The van der Waals surface area contributed by atoms with Gasteiger partial charge in [0.1, 0.15) is 0 Å². The van der Waals surface area contributed by atoms with Crippen LogP contribution in [-0.4, -0.2) is 65.1 Å². The first-order valence-electron chi connectivity index (χ1n) is 8.11. The van der Waals surface area contributed by atoms with Crippen molar-refractivity contribution in [1.29, 1.82) is 0 Å². The number of piperidine rings is 1. The molecule has 0 aliphatic carbocycles. The van der Waals surface area contributed by atoms with Crippen molar-refractivity contribution in [2.45, 2.75) is 55.9 Å². The molecule has 3 aliphatic heterocycles. The lowest BCUT2D eigenvalue weighted by molar-refractivity contribution is 0.0395. The van der Waals surface area contributed by atoms with E-state index in [1.807, 2.05) is 0 Å². The van der Waals surface area contributed by atoms with Gasteiger partial charge < -0.3 is 5.73 Å². The van der Waals surface area contributed by atoms with Gasteiger partial charge in [-0.05, 0) is 32.2 Å². The lowest BCUT2D eigenvalue weighted by Crippen LogP contribution is -2.64. The Labute approximate surface area is 122 Å². The molecule has 0 bridgehead atoms. The Bertz CT molecular complexity index is 312. The van der Waals surface area contributed by atoms with Crippen LogP contribution in [0.25, 0.3) is 0 Å². The van der Waals surface area contributed by atoms with Gasteiger partial charge in [0.05, 0.1) is 0 Å². The van der Waals surface area contributed by atoms with E-state index >= 15 is 0 Å². The largest absolute Gasteiger partial charge is 0.329 e. The van der Waals surface area contributed by atoms with Crippen molar-refractivity contribution in [1.82, 2.24) is 9.80 Å². The van der Waals surface area contributed by atoms with Crippen LogP contribution < -0.4 is 5.73 Å². The van der Waals surface area contributed by atoms with E-state index in [9.17, 15) is 0 Å². The van der Waals surface area contributed by atoms with Gasteiger partial charge in [-0.3, -0.25) is 9.80 Å². The summed E-state index contributed by atoms with van der Waals surface area (Å²) >= 11 is 2.17. The molecule has 19 heavy (non-hydrogen) atoms. The zero-order valence-corrected chi connectivity index (χ0v) is 13.1. The van der Waals surface area contributed by atoms with Gasteiger partial charge in [0.2, 0.25) is 0 Å². The van der Waals surface area contributed by atoms with Crippen molar-refractivity contribution < 1.29 is 0 Å². The maximum atomic E-state index is 6.32. The van der Waals surface area contributed by atoms with Gasteiger partial charge in [0.25, 0.3) is 0 Å². The average molecular weight is 283 g/mol. The molecule has 0 aromatic rings. The van der Waals surface area contributed by atoms with Crippen molar-refractivity contribution in [3.8, 4) is 0 Å². The van der Waals surface area contributed by atoms with Crippen LogP contribution in [0.3, 0.4) is 0 Å². The van der Waals surface area contributed by atoms with Crippen LogP contribution in [0.5, 0.6) is 0 Å². The first-order valence-corrected chi connectivity index (χ1v) is 9.16. The minimum Gasteiger partial charge on any atom is -0.329 e. The topological polar surface area (TPSA) is 32.5 Å². The summed E-state index contributed by atoms with van der Waals surface area (Å²) < 4.78 is 0. The highest BCUT2D eigenvalue weighted by molar-refractivity contribution is 8.00. The fourth-order valence-corrected chi connectivity index (χ4v) is 5.66. The zero-order chi connectivity index (χ0) is 13.3. The smallest absolute Gasteiger partial charge is 0.0499 e. The molecule has 0 spiro atoms. The molecule has 0 aromatic heterocycles. The van der Waals surface area contributed by atoms with Crippen LogP contribution in [0.2, 0.25) is 0 Å². The summed E-state index contributed by atoms with van der Waals surface area (Å²) in [5, 5.41) is 0.829. The van der Waals surface area contributed by atoms with Gasteiger partial charge in [-0.2, -0.15) is 11.8 Å². The van der Waals surface area contributed by atoms with E-state index in [0.29, 0.717) is 5.54 Å². The third kappa shape index (κ3) is 2.45. The van der Waals surface area contributed by atoms with E-state index in [0.717, 1.165) is 17.8 Å². The maximum Gasteiger partial charge on any atom is 0.0499 e. The van der Waals surface area contributed by atoms with E-state index in [4.69, 9.17) is 5.73 Å². The molecular formula is C15H29N3S. The summed E-state index contributed by atoms with van der Waals surface area (Å²) in [6, 6.07) is 0.742. The molecule has 3 unspecified atom stereocenters. The third-order valence-electron chi connectivity index (χ3n) is 5.64. The highest BCUT2D eigenvalue weighted by Gasteiger charge is 2.51. The maximum absolute atomic E-state index is 6.32. The fourth-order valence-electron chi connectivity index (χ4n) is 4.48. The predicted molar refractivity (Wildman–Crippen MR) is 83.7 cm³/mol. The molecule has 2 N–H and O–H groups in total. The molecule has 3 rings (SSSR count).